The van der Waals surface area contributed by atoms with E-state index in [9.17, 15) is 0 Å². The van der Waals surface area contributed by atoms with Crippen molar-refractivity contribution in [2.75, 3.05) is 20.3 Å². The van der Waals surface area contributed by atoms with E-state index in [1.807, 2.05) is 12.1 Å². The average molecular weight is 249 g/mol. The first-order valence-corrected chi connectivity index (χ1v) is 6.73. The molecule has 1 aliphatic rings. The van der Waals surface area contributed by atoms with Gasteiger partial charge in [-0.1, -0.05) is 12.1 Å². The number of ether oxygens (including phenoxy) is 2. The number of benzene rings is 1. The fourth-order valence-electron chi connectivity index (χ4n) is 2.40. The third-order valence-electron chi connectivity index (χ3n) is 3.76. The maximum absolute atomic E-state index is 5.40. The van der Waals surface area contributed by atoms with E-state index in [0.717, 1.165) is 31.4 Å². The van der Waals surface area contributed by atoms with Crippen molar-refractivity contribution >= 4 is 0 Å². The summed E-state index contributed by atoms with van der Waals surface area (Å²) in [6.45, 7) is 5.03. The number of methoxy groups -OCH3 is 1. The minimum atomic E-state index is 0.552. The largest absolute Gasteiger partial charge is 0.497 e. The molecule has 2 rings (SSSR count). The first-order chi connectivity index (χ1) is 8.79. The first kappa shape index (κ1) is 13.4. The lowest BCUT2D eigenvalue weighted by Gasteiger charge is -2.28. The van der Waals surface area contributed by atoms with Gasteiger partial charge in [0.15, 0.2) is 0 Å². The Morgan fingerprint density at radius 3 is 2.56 bits per heavy atom. The molecular weight excluding hydrogens is 226 g/mol. The number of hydrogen-bond donors (Lipinski definition) is 1. The lowest BCUT2D eigenvalue weighted by molar-refractivity contribution is 0.0558. The average Bonchev–Trinajstić information content (AvgIpc) is 2.46. The molecule has 1 aromatic rings. The third-order valence-corrected chi connectivity index (χ3v) is 3.76. The van der Waals surface area contributed by atoms with Crippen molar-refractivity contribution in [3.8, 4) is 5.75 Å². The number of nitrogens with one attached hydrogen (secondary N) is 1. The standard InChI is InChI=1S/C15H23NO2/c1-12(14-7-9-18-10-8-14)16-11-13-3-5-15(17-2)6-4-13/h3-6,12,14,16H,7-11H2,1-2H3. The van der Waals surface area contributed by atoms with Gasteiger partial charge in [-0.25, -0.2) is 0 Å². The molecule has 0 aromatic heterocycles. The summed E-state index contributed by atoms with van der Waals surface area (Å²) in [6, 6.07) is 8.80. The van der Waals surface area contributed by atoms with Crippen LogP contribution < -0.4 is 10.1 Å². The van der Waals surface area contributed by atoms with Crippen LogP contribution in [0.2, 0.25) is 0 Å². The zero-order chi connectivity index (χ0) is 12.8. The van der Waals surface area contributed by atoms with Crippen molar-refractivity contribution in [1.29, 1.82) is 0 Å². The van der Waals surface area contributed by atoms with E-state index >= 15 is 0 Å². The van der Waals surface area contributed by atoms with E-state index in [1.54, 1.807) is 7.11 Å². The smallest absolute Gasteiger partial charge is 0.118 e. The van der Waals surface area contributed by atoms with E-state index < -0.39 is 0 Å². The summed E-state index contributed by atoms with van der Waals surface area (Å²) in [5, 5.41) is 3.61. The van der Waals surface area contributed by atoms with Gasteiger partial charge >= 0.3 is 0 Å². The maximum Gasteiger partial charge on any atom is 0.118 e. The molecule has 1 saturated heterocycles. The molecule has 1 unspecified atom stereocenters. The Morgan fingerprint density at radius 1 is 1.28 bits per heavy atom. The molecule has 0 aliphatic carbocycles. The fourth-order valence-corrected chi connectivity index (χ4v) is 2.40. The molecule has 1 N–H and O–H groups in total. The molecule has 1 aliphatic heterocycles. The lowest BCUT2D eigenvalue weighted by Crippen LogP contribution is -2.36. The van der Waals surface area contributed by atoms with Gasteiger partial charge in [-0.15, -0.1) is 0 Å². The Balaban J connectivity index is 1.78. The van der Waals surface area contributed by atoms with E-state index in [0.29, 0.717) is 6.04 Å². The highest BCUT2D eigenvalue weighted by molar-refractivity contribution is 5.27. The molecular formula is C15H23NO2. The topological polar surface area (TPSA) is 30.5 Å². The quantitative estimate of drug-likeness (QED) is 0.870. The van der Waals surface area contributed by atoms with Crippen LogP contribution >= 0.6 is 0 Å². The third kappa shape index (κ3) is 3.72. The van der Waals surface area contributed by atoms with Crippen molar-refractivity contribution in [2.45, 2.75) is 32.4 Å². The van der Waals surface area contributed by atoms with Gasteiger partial charge in [0.2, 0.25) is 0 Å². The molecule has 1 atom stereocenters. The molecule has 100 valence electrons. The second-order valence-corrected chi connectivity index (χ2v) is 4.97. The maximum atomic E-state index is 5.40. The molecule has 0 spiro atoms. The molecule has 3 nitrogen and oxygen atoms in total. The number of rotatable bonds is 5. The second-order valence-electron chi connectivity index (χ2n) is 4.97. The van der Waals surface area contributed by atoms with Crippen LogP contribution in [0.3, 0.4) is 0 Å². The van der Waals surface area contributed by atoms with Gasteiger partial charge in [0.25, 0.3) is 0 Å². The van der Waals surface area contributed by atoms with Crippen molar-refractivity contribution in [3.05, 3.63) is 29.8 Å². The van der Waals surface area contributed by atoms with Crippen molar-refractivity contribution in [2.24, 2.45) is 5.92 Å². The van der Waals surface area contributed by atoms with Gasteiger partial charge in [0, 0.05) is 25.8 Å². The molecule has 18 heavy (non-hydrogen) atoms. The summed E-state index contributed by atoms with van der Waals surface area (Å²) in [6.07, 6.45) is 2.35. The van der Waals surface area contributed by atoms with Crippen molar-refractivity contribution < 1.29 is 9.47 Å². The van der Waals surface area contributed by atoms with Gasteiger partial charge in [-0.3, -0.25) is 0 Å². The van der Waals surface area contributed by atoms with Crippen LogP contribution in [0.5, 0.6) is 5.75 Å². The molecule has 3 heteroatoms. The highest BCUT2D eigenvalue weighted by Gasteiger charge is 2.19. The summed E-state index contributed by atoms with van der Waals surface area (Å²) in [5.74, 6) is 1.66. The monoisotopic (exact) mass is 249 g/mol. The zero-order valence-electron chi connectivity index (χ0n) is 11.3. The van der Waals surface area contributed by atoms with E-state index in [-0.39, 0.29) is 0 Å². The molecule has 1 heterocycles. The van der Waals surface area contributed by atoms with Crippen LogP contribution in [0, 0.1) is 5.92 Å². The SMILES string of the molecule is COc1ccc(CNC(C)C2CCOCC2)cc1. The van der Waals surface area contributed by atoms with Crippen LogP contribution in [-0.4, -0.2) is 26.4 Å². The van der Waals surface area contributed by atoms with Crippen LogP contribution in [0.4, 0.5) is 0 Å². The predicted molar refractivity (Wildman–Crippen MR) is 72.8 cm³/mol. The summed E-state index contributed by atoms with van der Waals surface area (Å²) in [5.41, 5.74) is 1.30. The van der Waals surface area contributed by atoms with Gasteiger partial charge in [0.05, 0.1) is 7.11 Å². The summed E-state index contributed by atoms with van der Waals surface area (Å²) in [7, 11) is 1.69. The fraction of sp³-hybridized carbons (Fsp3) is 0.600. The molecule has 0 bridgehead atoms. The van der Waals surface area contributed by atoms with Gasteiger partial charge in [-0.05, 0) is 43.4 Å². The highest BCUT2D eigenvalue weighted by atomic mass is 16.5. The Hall–Kier alpha value is -1.06. The van der Waals surface area contributed by atoms with Crippen LogP contribution in [-0.2, 0) is 11.3 Å². The summed E-state index contributed by atoms with van der Waals surface area (Å²) < 4.78 is 10.6. The lowest BCUT2D eigenvalue weighted by atomic mass is 9.93. The molecule has 1 aromatic carbocycles. The Labute approximate surface area is 109 Å². The normalized spacial score (nSPS) is 18.6. The zero-order valence-corrected chi connectivity index (χ0v) is 11.3. The van der Waals surface area contributed by atoms with Crippen molar-refractivity contribution in [3.63, 3.8) is 0 Å². The van der Waals surface area contributed by atoms with E-state index in [4.69, 9.17) is 9.47 Å². The predicted octanol–water partition coefficient (Wildman–Crippen LogP) is 2.60. The minimum absolute atomic E-state index is 0.552. The van der Waals surface area contributed by atoms with Gasteiger partial charge < -0.3 is 14.8 Å². The second kappa shape index (κ2) is 6.76. The Morgan fingerprint density at radius 2 is 1.94 bits per heavy atom. The Bertz CT molecular complexity index is 344. The summed E-state index contributed by atoms with van der Waals surface area (Å²) >= 11 is 0. The van der Waals surface area contributed by atoms with E-state index in [2.05, 4.69) is 24.4 Å². The molecule has 1 fully saturated rings. The van der Waals surface area contributed by atoms with Crippen LogP contribution in [0.15, 0.2) is 24.3 Å². The van der Waals surface area contributed by atoms with Crippen molar-refractivity contribution in [1.82, 2.24) is 5.32 Å². The van der Waals surface area contributed by atoms with Gasteiger partial charge in [0.1, 0.15) is 5.75 Å². The van der Waals surface area contributed by atoms with Gasteiger partial charge in [-0.2, -0.15) is 0 Å². The highest BCUT2D eigenvalue weighted by Crippen LogP contribution is 2.19. The first-order valence-electron chi connectivity index (χ1n) is 6.73. The number of hydrogen-bond acceptors (Lipinski definition) is 3. The van der Waals surface area contributed by atoms with Crippen LogP contribution in [0.1, 0.15) is 25.3 Å². The Kier molecular flexibility index (Phi) is 5.02. The summed E-state index contributed by atoms with van der Waals surface area (Å²) in [4.78, 5) is 0. The molecule has 0 amide bonds. The van der Waals surface area contributed by atoms with Crippen LogP contribution in [0.25, 0.3) is 0 Å². The molecule has 0 saturated carbocycles. The minimum Gasteiger partial charge on any atom is -0.497 e. The van der Waals surface area contributed by atoms with E-state index in [1.165, 1.54) is 18.4 Å². The molecule has 0 radical (unpaired) electrons.